The second-order valence-corrected chi connectivity index (χ2v) is 14.0. The Morgan fingerprint density at radius 1 is 0.340 bits per heavy atom. The third kappa shape index (κ3) is 4.33. The molecule has 0 saturated heterocycles. The monoisotopic (exact) mass is 675 g/mol. The van der Waals surface area contributed by atoms with Crippen LogP contribution in [0.3, 0.4) is 0 Å². The summed E-state index contributed by atoms with van der Waals surface area (Å²) < 4.78 is 6.78. The minimum Gasteiger partial charge on any atom is -0.457 e. The maximum atomic E-state index is 6.78. The molecular weight excluding hydrogens is 643 g/mol. The standard InChI is InChI=1S/C51H33NO/c1-3-15-34(16-4-1)36-27-29-46-44(32-36)51(42-23-11-13-25-48(42)53-49-26-14-12-24-43(49)51)45-33-37(35-17-5-2-6-18-35)28-30-47(45)52(46)50-40-21-9-7-19-38(40)31-39-20-8-10-22-41(39)50/h1-33H. The summed E-state index contributed by atoms with van der Waals surface area (Å²) in [6.45, 7) is 0. The van der Waals surface area contributed by atoms with Gasteiger partial charge in [-0.3, -0.25) is 0 Å². The number of hydrogen-bond donors (Lipinski definition) is 0. The van der Waals surface area contributed by atoms with Crippen molar-refractivity contribution in [2.45, 2.75) is 5.41 Å². The maximum Gasteiger partial charge on any atom is 0.132 e. The van der Waals surface area contributed by atoms with E-state index in [4.69, 9.17) is 4.74 Å². The quantitative estimate of drug-likeness (QED) is 0.173. The van der Waals surface area contributed by atoms with Gasteiger partial charge in [0.2, 0.25) is 0 Å². The number of anilines is 3. The van der Waals surface area contributed by atoms with Gasteiger partial charge in [0.25, 0.3) is 0 Å². The van der Waals surface area contributed by atoms with Gasteiger partial charge in [0.15, 0.2) is 0 Å². The van der Waals surface area contributed by atoms with Gasteiger partial charge in [-0.05, 0) is 86.6 Å². The average molecular weight is 676 g/mol. The van der Waals surface area contributed by atoms with Crippen LogP contribution in [0.15, 0.2) is 200 Å². The predicted molar refractivity (Wildman–Crippen MR) is 219 cm³/mol. The largest absolute Gasteiger partial charge is 0.457 e. The number of rotatable bonds is 3. The fraction of sp³-hybridized carbons (Fsp3) is 0.0196. The number of para-hydroxylation sites is 2. The molecule has 0 saturated carbocycles. The van der Waals surface area contributed by atoms with Gasteiger partial charge in [-0.25, -0.2) is 0 Å². The van der Waals surface area contributed by atoms with Crippen LogP contribution in [-0.4, -0.2) is 0 Å². The fourth-order valence-electron chi connectivity index (χ4n) is 9.00. The van der Waals surface area contributed by atoms with E-state index in [9.17, 15) is 0 Å². The van der Waals surface area contributed by atoms with Gasteiger partial charge in [0.05, 0.1) is 22.5 Å². The molecule has 0 fully saturated rings. The number of ether oxygens (including phenoxy) is 1. The van der Waals surface area contributed by atoms with Crippen LogP contribution in [0, 0.1) is 0 Å². The van der Waals surface area contributed by atoms with Gasteiger partial charge >= 0.3 is 0 Å². The molecule has 2 heterocycles. The SMILES string of the molecule is c1ccc(-c2ccc3c(c2)C2(c4ccccc4Oc4ccccc42)c2cc(-c4ccccc4)ccc2N3c2c3ccccc3cc3ccccc23)cc1. The first-order valence-corrected chi connectivity index (χ1v) is 18.3. The van der Waals surface area contributed by atoms with Gasteiger partial charge in [0.1, 0.15) is 11.5 Å². The topological polar surface area (TPSA) is 12.5 Å². The van der Waals surface area contributed by atoms with Crippen LogP contribution >= 0.6 is 0 Å². The summed E-state index contributed by atoms with van der Waals surface area (Å²) in [4.78, 5) is 2.55. The van der Waals surface area contributed by atoms with Crippen LogP contribution < -0.4 is 9.64 Å². The second-order valence-electron chi connectivity index (χ2n) is 14.0. The lowest BCUT2D eigenvalue weighted by atomic mass is 9.60. The number of fused-ring (bicyclic) bond motifs is 10. The number of nitrogens with zero attached hydrogens (tertiary/aromatic N) is 1. The van der Waals surface area contributed by atoms with Crippen molar-refractivity contribution in [2.75, 3.05) is 4.90 Å². The molecule has 0 unspecified atom stereocenters. The van der Waals surface area contributed by atoms with Gasteiger partial charge in [-0.15, -0.1) is 0 Å². The third-order valence-electron chi connectivity index (χ3n) is 11.3. The average Bonchev–Trinajstić information content (AvgIpc) is 3.23. The minimum absolute atomic E-state index is 0.692. The highest BCUT2D eigenvalue weighted by Crippen LogP contribution is 2.64. The normalized spacial score (nSPS) is 13.5. The Hall–Kier alpha value is -6.90. The summed E-state index contributed by atoms with van der Waals surface area (Å²) in [5, 5.41) is 4.86. The molecule has 248 valence electrons. The first kappa shape index (κ1) is 29.8. The van der Waals surface area contributed by atoms with Gasteiger partial charge < -0.3 is 9.64 Å². The molecule has 0 bridgehead atoms. The molecule has 9 aromatic carbocycles. The summed E-state index contributed by atoms with van der Waals surface area (Å²) in [5.41, 5.74) is 12.2. The van der Waals surface area contributed by atoms with E-state index in [0.717, 1.165) is 34.0 Å². The van der Waals surface area contributed by atoms with Gasteiger partial charge in [0, 0.05) is 21.9 Å². The fourth-order valence-corrected chi connectivity index (χ4v) is 9.00. The lowest BCUT2D eigenvalue weighted by Crippen LogP contribution is -2.40. The smallest absolute Gasteiger partial charge is 0.132 e. The van der Waals surface area contributed by atoms with E-state index in [1.807, 2.05) is 0 Å². The molecule has 1 spiro atoms. The Kier molecular flexibility index (Phi) is 6.50. The van der Waals surface area contributed by atoms with Crippen LogP contribution in [-0.2, 0) is 5.41 Å². The third-order valence-corrected chi connectivity index (χ3v) is 11.3. The molecule has 0 atom stereocenters. The molecule has 0 N–H and O–H groups in total. The van der Waals surface area contributed by atoms with E-state index in [-0.39, 0.29) is 0 Å². The lowest BCUT2D eigenvalue weighted by Gasteiger charge is -2.49. The molecule has 0 amide bonds. The van der Waals surface area contributed by atoms with E-state index in [0.29, 0.717) is 0 Å². The van der Waals surface area contributed by atoms with Crippen LogP contribution in [0.2, 0.25) is 0 Å². The Bertz CT molecular complexity index is 2680. The summed E-state index contributed by atoms with van der Waals surface area (Å²) in [5.74, 6) is 1.75. The predicted octanol–water partition coefficient (Wildman–Crippen LogP) is 13.6. The van der Waals surface area contributed by atoms with Crippen molar-refractivity contribution >= 4 is 38.6 Å². The highest BCUT2D eigenvalue weighted by molar-refractivity contribution is 6.15. The lowest BCUT2D eigenvalue weighted by molar-refractivity contribution is 0.434. The van der Waals surface area contributed by atoms with E-state index < -0.39 is 5.41 Å². The number of hydrogen-bond acceptors (Lipinski definition) is 2. The van der Waals surface area contributed by atoms with Gasteiger partial charge in [-0.2, -0.15) is 0 Å². The molecule has 0 aliphatic carbocycles. The highest BCUT2D eigenvalue weighted by atomic mass is 16.5. The molecule has 0 aromatic heterocycles. The van der Waals surface area contributed by atoms with E-state index in [1.54, 1.807) is 0 Å². The van der Waals surface area contributed by atoms with E-state index in [2.05, 4.69) is 205 Å². The first-order chi connectivity index (χ1) is 26.3. The van der Waals surface area contributed by atoms with Crippen LogP contribution in [0.5, 0.6) is 11.5 Å². The first-order valence-electron chi connectivity index (χ1n) is 18.3. The molecule has 2 aliphatic heterocycles. The van der Waals surface area contributed by atoms with Crippen molar-refractivity contribution in [1.82, 2.24) is 0 Å². The molecular formula is C51H33NO. The Morgan fingerprint density at radius 3 is 1.28 bits per heavy atom. The summed E-state index contributed by atoms with van der Waals surface area (Å²) in [6.07, 6.45) is 0. The molecule has 11 rings (SSSR count). The molecule has 2 aliphatic rings. The van der Waals surface area contributed by atoms with Crippen LogP contribution in [0.1, 0.15) is 22.3 Å². The van der Waals surface area contributed by atoms with E-state index in [1.165, 1.54) is 60.6 Å². The zero-order valence-corrected chi connectivity index (χ0v) is 28.9. The van der Waals surface area contributed by atoms with Crippen LogP contribution in [0.4, 0.5) is 17.1 Å². The highest BCUT2D eigenvalue weighted by Gasteiger charge is 2.51. The van der Waals surface area contributed by atoms with Crippen molar-refractivity contribution in [3.05, 3.63) is 222 Å². The van der Waals surface area contributed by atoms with Crippen molar-refractivity contribution in [1.29, 1.82) is 0 Å². The van der Waals surface area contributed by atoms with Crippen molar-refractivity contribution in [3.8, 4) is 33.8 Å². The Morgan fingerprint density at radius 2 is 0.774 bits per heavy atom. The van der Waals surface area contributed by atoms with Crippen molar-refractivity contribution < 1.29 is 4.74 Å². The molecule has 9 aromatic rings. The Labute approximate surface area is 308 Å². The Balaban J connectivity index is 1.35. The second kappa shape index (κ2) is 11.6. The molecule has 53 heavy (non-hydrogen) atoms. The van der Waals surface area contributed by atoms with Gasteiger partial charge in [-0.1, -0.05) is 158 Å². The van der Waals surface area contributed by atoms with Crippen LogP contribution in [0.25, 0.3) is 43.8 Å². The molecule has 2 heteroatoms. The van der Waals surface area contributed by atoms with E-state index >= 15 is 0 Å². The zero-order valence-electron chi connectivity index (χ0n) is 28.9. The van der Waals surface area contributed by atoms with Crippen molar-refractivity contribution in [2.24, 2.45) is 0 Å². The summed E-state index contributed by atoms with van der Waals surface area (Å²) in [7, 11) is 0. The molecule has 2 nitrogen and oxygen atoms in total. The number of benzene rings is 9. The molecule has 0 radical (unpaired) electrons. The minimum atomic E-state index is -0.692. The zero-order chi connectivity index (χ0) is 34.9. The summed E-state index contributed by atoms with van der Waals surface area (Å²) in [6, 6.07) is 72.9. The van der Waals surface area contributed by atoms with Crippen molar-refractivity contribution in [3.63, 3.8) is 0 Å². The maximum absolute atomic E-state index is 6.78. The summed E-state index contributed by atoms with van der Waals surface area (Å²) >= 11 is 0.